The number of carbonyl (C=O) groups excluding carboxylic acids is 1. The van der Waals surface area contributed by atoms with Crippen LogP contribution in [0, 0.1) is 19.7 Å². The van der Waals surface area contributed by atoms with E-state index >= 15 is 0 Å². The summed E-state index contributed by atoms with van der Waals surface area (Å²) in [6.45, 7) is 3.67. The van der Waals surface area contributed by atoms with Crippen LogP contribution in [0.25, 0.3) is 28.3 Å². The molecule has 4 aromatic rings. The number of hydrogen-bond acceptors (Lipinski definition) is 5. The molecule has 0 radical (unpaired) electrons. The number of aromatic nitrogens is 4. The Bertz CT molecular complexity index is 1250. The number of primary amides is 1. The highest BCUT2D eigenvalue weighted by atomic mass is 19.1. The average molecular weight is 377 g/mol. The fourth-order valence-electron chi connectivity index (χ4n) is 3.23. The maximum Gasteiger partial charge on any atom is 0.252 e. The summed E-state index contributed by atoms with van der Waals surface area (Å²) in [5.41, 5.74) is 8.81. The molecule has 3 aromatic heterocycles. The van der Waals surface area contributed by atoms with Crippen molar-refractivity contribution in [1.82, 2.24) is 19.6 Å². The summed E-state index contributed by atoms with van der Waals surface area (Å²) in [6, 6.07) is 7.71. The fourth-order valence-corrected chi connectivity index (χ4v) is 3.23. The Labute approximate surface area is 159 Å². The number of hydrogen-bond donors (Lipinski definition) is 2. The lowest BCUT2D eigenvalue weighted by atomic mass is 9.95. The molecule has 0 aliphatic rings. The Morgan fingerprint density at radius 1 is 1.25 bits per heavy atom. The van der Waals surface area contributed by atoms with Gasteiger partial charge in [-0.05, 0) is 54.8 Å². The number of fused-ring (bicyclic) bond motifs is 1. The van der Waals surface area contributed by atoms with Crippen molar-refractivity contribution in [3.63, 3.8) is 0 Å². The molecule has 0 bridgehead atoms. The van der Waals surface area contributed by atoms with Gasteiger partial charge in [0.2, 0.25) is 5.82 Å². The SMILES string of the molecule is Cc1ccc(O)c(C)c1-c1cc(C(N)=O)c2nc(-c3ncccc3F)nn2c1. The molecule has 0 saturated heterocycles. The lowest BCUT2D eigenvalue weighted by molar-refractivity contribution is 0.100. The molecule has 0 unspecified atom stereocenters. The molecule has 8 heteroatoms. The summed E-state index contributed by atoms with van der Waals surface area (Å²) in [6.07, 6.45) is 3.10. The predicted molar refractivity (Wildman–Crippen MR) is 101 cm³/mol. The van der Waals surface area contributed by atoms with Crippen molar-refractivity contribution in [2.24, 2.45) is 5.73 Å². The molecule has 7 nitrogen and oxygen atoms in total. The lowest BCUT2D eigenvalue weighted by Crippen LogP contribution is -2.13. The van der Waals surface area contributed by atoms with E-state index in [0.717, 1.165) is 11.1 Å². The van der Waals surface area contributed by atoms with Gasteiger partial charge in [0.25, 0.3) is 5.91 Å². The summed E-state index contributed by atoms with van der Waals surface area (Å²) < 4.78 is 15.5. The van der Waals surface area contributed by atoms with Crippen LogP contribution >= 0.6 is 0 Å². The first kappa shape index (κ1) is 17.6. The quantitative estimate of drug-likeness (QED) is 0.571. The standard InChI is InChI=1S/C20H16FN5O2/c1-10-5-6-15(27)11(2)16(10)12-8-13(18(22)28)20-24-19(25-26(20)9-12)17-14(21)4-3-7-23-17/h3-9,27H,1-2H3,(H2,22,28). The molecule has 0 aliphatic carbocycles. The van der Waals surface area contributed by atoms with Crippen molar-refractivity contribution in [2.75, 3.05) is 0 Å². The second kappa shape index (κ2) is 6.41. The van der Waals surface area contributed by atoms with Gasteiger partial charge in [-0.25, -0.2) is 18.9 Å². The van der Waals surface area contributed by atoms with Gasteiger partial charge in [0, 0.05) is 18.0 Å². The summed E-state index contributed by atoms with van der Waals surface area (Å²) in [5.74, 6) is -1.08. The first-order chi connectivity index (χ1) is 13.4. The van der Waals surface area contributed by atoms with Crippen LogP contribution in [-0.4, -0.2) is 30.6 Å². The summed E-state index contributed by atoms with van der Waals surface area (Å²) >= 11 is 0. The third kappa shape index (κ3) is 2.75. The van der Waals surface area contributed by atoms with Crippen molar-refractivity contribution in [3.05, 3.63) is 65.2 Å². The number of carbonyl (C=O) groups is 1. The third-order valence-corrected chi connectivity index (χ3v) is 4.60. The van der Waals surface area contributed by atoms with Crippen LogP contribution < -0.4 is 5.73 Å². The van der Waals surface area contributed by atoms with Crippen molar-refractivity contribution >= 4 is 11.6 Å². The molecule has 1 amide bonds. The summed E-state index contributed by atoms with van der Waals surface area (Å²) in [5, 5.41) is 14.4. The lowest BCUT2D eigenvalue weighted by Gasteiger charge is -2.12. The second-order valence-corrected chi connectivity index (χ2v) is 6.45. The number of phenols is 1. The molecule has 4 rings (SSSR count). The Morgan fingerprint density at radius 3 is 2.75 bits per heavy atom. The molecule has 1 aromatic carbocycles. The van der Waals surface area contributed by atoms with E-state index in [1.807, 2.05) is 6.92 Å². The number of phenolic OH excluding ortho intramolecular Hbond substituents is 1. The summed E-state index contributed by atoms with van der Waals surface area (Å²) in [7, 11) is 0. The number of benzene rings is 1. The van der Waals surface area contributed by atoms with Crippen molar-refractivity contribution < 1.29 is 14.3 Å². The topological polar surface area (TPSA) is 106 Å². The minimum atomic E-state index is -0.692. The van der Waals surface area contributed by atoms with Crippen LogP contribution in [0.5, 0.6) is 5.75 Å². The van der Waals surface area contributed by atoms with Gasteiger partial charge in [-0.15, -0.1) is 5.10 Å². The molecular formula is C20H16FN5O2. The zero-order chi connectivity index (χ0) is 20.0. The highest BCUT2D eigenvalue weighted by Gasteiger charge is 2.19. The van der Waals surface area contributed by atoms with Crippen molar-refractivity contribution in [2.45, 2.75) is 13.8 Å². The van der Waals surface area contributed by atoms with E-state index in [1.54, 1.807) is 31.3 Å². The van der Waals surface area contributed by atoms with Crippen LogP contribution in [0.2, 0.25) is 0 Å². The molecular weight excluding hydrogens is 361 g/mol. The largest absolute Gasteiger partial charge is 0.508 e. The van der Waals surface area contributed by atoms with Crippen molar-refractivity contribution in [1.29, 1.82) is 0 Å². The first-order valence-corrected chi connectivity index (χ1v) is 8.47. The van der Waals surface area contributed by atoms with Gasteiger partial charge in [0.15, 0.2) is 11.5 Å². The predicted octanol–water partition coefficient (Wildman–Crippen LogP) is 3.02. The van der Waals surface area contributed by atoms with Gasteiger partial charge in [-0.1, -0.05) is 6.07 Å². The fraction of sp³-hybridized carbons (Fsp3) is 0.100. The molecule has 0 saturated carbocycles. The van der Waals surface area contributed by atoms with Crippen LogP contribution in [0.4, 0.5) is 4.39 Å². The molecule has 28 heavy (non-hydrogen) atoms. The third-order valence-electron chi connectivity index (χ3n) is 4.60. The van der Waals surface area contributed by atoms with Crippen molar-refractivity contribution in [3.8, 4) is 28.4 Å². The molecule has 140 valence electrons. The monoisotopic (exact) mass is 377 g/mol. The van der Waals surface area contributed by atoms with Crippen LogP contribution in [0.1, 0.15) is 21.5 Å². The Balaban J connectivity index is 2.01. The highest BCUT2D eigenvalue weighted by Crippen LogP contribution is 2.33. The number of aromatic hydroxyl groups is 1. The van der Waals surface area contributed by atoms with E-state index in [2.05, 4.69) is 15.1 Å². The molecule has 0 fully saturated rings. The molecule has 3 heterocycles. The Kier molecular flexibility index (Phi) is 4.03. The number of halogens is 1. The molecule has 3 N–H and O–H groups in total. The van der Waals surface area contributed by atoms with E-state index in [9.17, 15) is 14.3 Å². The summed E-state index contributed by atoms with van der Waals surface area (Å²) in [4.78, 5) is 20.3. The van der Waals surface area contributed by atoms with Crippen LogP contribution in [-0.2, 0) is 0 Å². The molecule has 0 aliphatic heterocycles. The minimum Gasteiger partial charge on any atom is -0.508 e. The highest BCUT2D eigenvalue weighted by molar-refractivity contribution is 6.00. The van der Waals surface area contributed by atoms with E-state index < -0.39 is 11.7 Å². The number of amides is 1. The van der Waals surface area contributed by atoms with Gasteiger partial charge in [0.1, 0.15) is 11.4 Å². The number of rotatable bonds is 3. The van der Waals surface area contributed by atoms with Gasteiger partial charge in [-0.3, -0.25) is 4.79 Å². The van der Waals surface area contributed by atoms with E-state index in [1.165, 1.54) is 22.8 Å². The zero-order valence-corrected chi connectivity index (χ0v) is 15.1. The van der Waals surface area contributed by atoms with E-state index in [-0.39, 0.29) is 28.5 Å². The van der Waals surface area contributed by atoms with Gasteiger partial charge >= 0.3 is 0 Å². The minimum absolute atomic E-state index is 0.0205. The second-order valence-electron chi connectivity index (χ2n) is 6.45. The Morgan fingerprint density at radius 2 is 2.04 bits per heavy atom. The number of pyridine rings is 2. The zero-order valence-electron chi connectivity index (χ0n) is 15.1. The van der Waals surface area contributed by atoms with Gasteiger partial charge in [0.05, 0.1) is 5.56 Å². The maximum atomic E-state index is 14.1. The van der Waals surface area contributed by atoms with Crippen LogP contribution in [0.15, 0.2) is 42.7 Å². The van der Waals surface area contributed by atoms with Gasteiger partial charge < -0.3 is 10.8 Å². The smallest absolute Gasteiger partial charge is 0.252 e. The molecule has 0 atom stereocenters. The normalized spacial score (nSPS) is 11.1. The maximum absolute atomic E-state index is 14.1. The number of aryl methyl sites for hydroxylation is 1. The first-order valence-electron chi connectivity index (χ1n) is 8.47. The van der Waals surface area contributed by atoms with E-state index in [4.69, 9.17) is 5.73 Å². The number of nitrogens with zero attached hydrogens (tertiary/aromatic N) is 4. The van der Waals surface area contributed by atoms with Crippen LogP contribution in [0.3, 0.4) is 0 Å². The average Bonchev–Trinajstić information content (AvgIpc) is 3.08. The van der Waals surface area contributed by atoms with E-state index in [0.29, 0.717) is 11.1 Å². The Hall–Kier alpha value is -3.81. The van der Waals surface area contributed by atoms with Gasteiger partial charge in [-0.2, -0.15) is 0 Å². The number of nitrogens with two attached hydrogens (primary N) is 1. The molecule has 0 spiro atoms.